The molecule has 1 saturated heterocycles. The van der Waals surface area contributed by atoms with Gasteiger partial charge in [-0.3, -0.25) is 14.6 Å². The average Bonchev–Trinajstić information content (AvgIpc) is 3.04. The number of aryl methyl sites for hydroxylation is 1. The SMILES string of the molecule is CO[C@@H]1C[C@@H](COc2cccnc2)N(C(=O)c2ccc(C)[nH]c2=O)C1. The third kappa shape index (κ3) is 3.88. The number of carbonyl (C=O) groups excluding carboxylic acids is 1. The number of carbonyl (C=O) groups is 1. The number of hydrogen-bond donors (Lipinski definition) is 1. The molecule has 1 N–H and O–H groups in total. The molecule has 3 rings (SSSR count). The van der Waals surface area contributed by atoms with E-state index >= 15 is 0 Å². The average molecular weight is 343 g/mol. The van der Waals surface area contributed by atoms with Crippen molar-refractivity contribution in [2.45, 2.75) is 25.5 Å². The van der Waals surface area contributed by atoms with Crippen molar-refractivity contribution in [2.24, 2.45) is 0 Å². The van der Waals surface area contributed by atoms with Crippen molar-refractivity contribution in [1.82, 2.24) is 14.9 Å². The first kappa shape index (κ1) is 17.2. The number of likely N-dealkylation sites (tertiary alicyclic amines) is 1. The lowest BCUT2D eigenvalue weighted by atomic mass is 10.2. The maximum Gasteiger partial charge on any atom is 0.260 e. The van der Waals surface area contributed by atoms with E-state index in [1.807, 2.05) is 6.07 Å². The Kier molecular flexibility index (Phi) is 5.14. The summed E-state index contributed by atoms with van der Waals surface area (Å²) in [6, 6.07) is 6.72. The molecule has 0 aromatic carbocycles. The van der Waals surface area contributed by atoms with Gasteiger partial charge in [-0.15, -0.1) is 0 Å². The standard InChI is InChI=1S/C18H21N3O4/c1-12-5-6-16(17(22)20-12)18(23)21-10-15(24-2)8-13(21)11-25-14-4-3-7-19-9-14/h3-7,9,13,15H,8,10-11H2,1-2H3,(H,20,22)/t13-,15+/m0/s1. The smallest absolute Gasteiger partial charge is 0.260 e. The zero-order valence-electron chi connectivity index (χ0n) is 14.3. The summed E-state index contributed by atoms with van der Waals surface area (Å²) < 4.78 is 11.2. The van der Waals surface area contributed by atoms with Gasteiger partial charge in [0.2, 0.25) is 0 Å². The van der Waals surface area contributed by atoms with Crippen LogP contribution in [-0.2, 0) is 4.74 Å². The predicted octanol–water partition coefficient (Wildman–Crippen LogP) is 1.39. The molecular formula is C18H21N3O4. The van der Waals surface area contributed by atoms with Crippen LogP contribution in [0.2, 0.25) is 0 Å². The Morgan fingerprint density at radius 1 is 1.40 bits per heavy atom. The second-order valence-electron chi connectivity index (χ2n) is 6.09. The van der Waals surface area contributed by atoms with E-state index in [1.54, 1.807) is 49.5 Å². The summed E-state index contributed by atoms with van der Waals surface area (Å²) in [4.78, 5) is 33.3. The van der Waals surface area contributed by atoms with Gasteiger partial charge in [-0.2, -0.15) is 0 Å². The molecule has 2 atom stereocenters. The first-order valence-corrected chi connectivity index (χ1v) is 8.15. The zero-order valence-corrected chi connectivity index (χ0v) is 14.3. The van der Waals surface area contributed by atoms with Gasteiger partial charge in [0.15, 0.2) is 0 Å². The van der Waals surface area contributed by atoms with Crippen LogP contribution in [0.3, 0.4) is 0 Å². The summed E-state index contributed by atoms with van der Waals surface area (Å²) in [5.74, 6) is 0.338. The molecule has 0 saturated carbocycles. The molecule has 2 aromatic rings. The normalized spacial score (nSPS) is 19.8. The molecule has 0 unspecified atom stereocenters. The first-order chi connectivity index (χ1) is 12.1. The summed E-state index contributed by atoms with van der Waals surface area (Å²) in [5, 5.41) is 0. The number of methoxy groups -OCH3 is 1. The fourth-order valence-corrected chi connectivity index (χ4v) is 2.97. The lowest BCUT2D eigenvalue weighted by Crippen LogP contribution is -2.41. The number of nitrogens with zero attached hydrogens (tertiary/aromatic N) is 2. The van der Waals surface area contributed by atoms with Crippen LogP contribution >= 0.6 is 0 Å². The summed E-state index contributed by atoms with van der Waals surface area (Å²) in [7, 11) is 1.62. The van der Waals surface area contributed by atoms with Crippen molar-refractivity contribution < 1.29 is 14.3 Å². The van der Waals surface area contributed by atoms with Gasteiger partial charge in [0.05, 0.1) is 18.3 Å². The lowest BCUT2D eigenvalue weighted by molar-refractivity contribution is 0.0656. The van der Waals surface area contributed by atoms with Crippen LogP contribution in [0.1, 0.15) is 22.5 Å². The monoisotopic (exact) mass is 343 g/mol. The van der Waals surface area contributed by atoms with Crippen LogP contribution in [0.15, 0.2) is 41.5 Å². The number of pyridine rings is 2. The largest absolute Gasteiger partial charge is 0.490 e. The molecule has 1 amide bonds. The lowest BCUT2D eigenvalue weighted by Gasteiger charge is -2.24. The maximum atomic E-state index is 12.8. The summed E-state index contributed by atoms with van der Waals surface area (Å²) in [5.41, 5.74) is 0.473. The van der Waals surface area contributed by atoms with Gasteiger partial charge in [-0.1, -0.05) is 0 Å². The molecule has 0 radical (unpaired) electrons. The molecule has 7 heteroatoms. The highest BCUT2D eigenvalue weighted by molar-refractivity contribution is 5.94. The molecule has 1 aliphatic rings. The quantitative estimate of drug-likeness (QED) is 0.887. The van der Waals surface area contributed by atoms with E-state index < -0.39 is 0 Å². The topological polar surface area (TPSA) is 84.5 Å². The molecule has 2 aromatic heterocycles. The molecule has 1 aliphatic heterocycles. The van der Waals surface area contributed by atoms with Crippen LogP contribution < -0.4 is 10.3 Å². The number of H-pyrrole nitrogens is 1. The minimum atomic E-state index is -0.377. The van der Waals surface area contributed by atoms with Gasteiger partial charge in [-0.25, -0.2) is 0 Å². The Bertz CT molecular complexity index is 790. The summed E-state index contributed by atoms with van der Waals surface area (Å²) in [6.45, 7) is 2.53. The second-order valence-corrected chi connectivity index (χ2v) is 6.09. The van der Waals surface area contributed by atoms with E-state index in [-0.39, 0.29) is 29.2 Å². The maximum absolute atomic E-state index is 12.8. The van der Waals surface area contributed by atoms with E-state index in [0.717, 1.165) is 0 Å². The van der Waals surface area contributed by atoms with Crippen molar-refractivity contribution in [2.75, 3.05) is 20.3 Å². The molecule has 132 valence electrons. The molecule has 3 heterocycles. The highest BCUT2D eigenvalue weighted by atomic mass is 16.5. The summed E-state index contributed by atoms with van der Waals surface area (Å²) in [6.07, 6.45) is 3.88. The Balaban J connectivity index is 1.76. The molecule has 0 aliphatic carbocycles. The van der Waals surface area contributed by atoms with Gasteiger partial charge < -0.3 is 19.4 Å². The number of ether oxygens (including phenoxy) is 2. The van der Waals surface area contributed by atoms with Crippen molar-refractivity contribution in [1.29, 1.82) is 0 Å². The van der Waals surface area contributed by atoms with Crippen molar-refractivity contribution >= 4 is 5.91 Å². The van der Waals surface area contributed by atoms with E-state index in [0.29, 0.717) is 31.0 Å². The third-order valence-electron chi connectivity index (χ3n) is 4.33. The minimum absolute atomic E-state index is 0.0732. The third-order valence-corrected chi connectivity index (χ3v) is 4.33. The van der Waals surface area contributed by atoms with Crippen LogP contribution in [0.25, 0.3) is 0 Å². The van der Waals surface area contributed by atoms with E-state index in [2.05, 4.69) is 9.97 Å². The van der Waals surface area contributed by atoms with Crippen LogP contribution in [0.5, 0.6) is 5.75 Å². The second kappa shape index (κ2) is 7.48. The highest BCUT2D eigenvalue weighted by Gasteiger charge is 2.37. The number of hydrogen-bond acceptors (Lipinski definition) is 5. The van der Waals surface area contributed by atoms with E-state index in [4.69, 9.17) is 9.47 Å². The van der Waals surface area contributed by atoms with E-state index in [1.165, 1.54) is 0 Å². The zero-order chi connectivity index (χ0) is 17.8. The molecule has 0 bridgehead atoms. The number of aromatic nitrogens is 2. The summed E-state index contributed by atoms with van der Waals surface area (Å²) >= 11 is 0. The minimum Gasteiger partial charge on any atom is -0.490 e. The van der Waals surface area contributed by atoms with Gasteiger partial charge in [0.25, 0.3) is 11.5 Å². The molecule has 25 heavy (non-hydrogen) atoms. The Morgan fingerprint density at radius 3 is 2.92 bits per heavy atom. The Hall–Kier alpha value is -2.67. The Labute approximate surface area is 145 Å². The van der Waals surface area contributed by atoms with Crippen molar-refractivity contribution in [3.8, 4) is 5.75 Å². The molecule has 1 fully saturated rings. The number of aromatic amines is 1. The van der Waals surface area contributed by atoms with Crippen molar-refractivity contribution in [3.05, 3.63) is 58.3 Å². The fourth-order valence-electron chi connectivity index (χ4n) is 2.97. The van der Waals surface area contributed by atoms with Crippen molar-refractivity contribution in [3.63, 3.8) is 0 Å². The van der Waals surface area contributed by atoms with Crippen LogP contribution in [0, 0.1) is 6.92 Å². The van der Waals surface area contributed by atoms with Gasteiger partial charge in [0.1, 0.15) is 17.9 Å². The van der Waals surface area contributed by atoms with Gasteiger partial charge >= 0.3 is 0 Å². The predicted molar refractivity (Wildman–Crippen MR) is 91.8 cm³/mol. The fraction of sp³-hybridized carbons (Fsp3) is 0.389. The molecular weight excluding hydrogens is 322 g/mol. The number of rotatable bonds is 5. The van der Waals surface area contributed by atoms with E-state index in [9.17, 15) is 9.59 Å². The number of nitrogens with one attached hydrogen (secondary N) is 1. The molecule has 0 spiro atoms. The Morgan fingerprint density at radius 2 is 2.24 bits per heavy atom. The van der Waals surface area contributed by atoms with Crippen LogP contribution in [0.4, 0.5) is 0 Å². The molecule has 7 nitrogen and oxygen atoms in total. The first-order valence-electron chi connectivity index (χ1n) is 8.15. The number of amides is 1. The van der Waals surface area contributed by atoms with Gasteiger partial charge in [0, 0.05) is 25.5 Å². The highest BCUT2D eigenvalue weighted by Crippen LogP contribution is 2.23. The van der Waals surface area contributed by atoms with Crippen LogP contribution in [-0.4, -0.2) is 53.2 Å². The van der Waals surface area contributed by atoms with Gasteiger partial charge in [-0.05, 0) is 37.6 Å².